The van der Waals surface area contributed by atoms with Gasteiger partial charge in [0.25, 0.3) is 0 Å². The lowest BCUT2D eigenvalue weighted by atomic mass is 10.3. The van der Waals surface area contributed by atoms with Crippen molar-refractivity contribution in [1.29, 1.82) is 0 Å². The highest BCUT2D eigenvalue weighted by molar-refractivity contribution is 5.13. The van der Waals surface area contributed by atoms with Crippen molar-refractivity contribution in [1.82, 2.24) is 0 Å². The fraction of sp³-hybridized carbons (Fsp3) is 0.429. The van der Waals surface area contributed by atoms with Crippen molar-refractivity contribution in [2.45, 2.75) is 20.3 Å². The number of allylic oxidation sites excluding steroid dienone is 3. The Morgan fingerprint density at radius 2 is 2.25 bits per heavy atom. The van der Waals surface area contributed by atoms with Crippen LogP contribution >= 0.6 is 0 Å². The van der Waals surface area contributed by atoms with E-state index in [1.807, 2.05) is 13.0 Å². The van der Waals surface area contributed by atoms with Gasteiger partial charge in [-0.25, -0.2) is 0 Å². The highest BCUT2D eigenvalue weighted by Gasteiger charge is 1.72. The van der Waals surface area contributed by atoms with Gasteiger partial charge in [0.15, 0.2) is 0 Å². The van der Waals surface area contributed by atoms with Gasteiger partial charge in [0, 0.05) is 0 Å². The van der Waals surface area contributed by atoms with Gasteiger partial charge in [0.2, 0.25) is 0 Å². The van der Waals surface area contributed by atoms with E-state index in [1.54, 1.807) is 6.20 Å². The molecule has 0 aromatic rings. The van der Waals surface area contributed by atoms with Crippen LogP contribution in [-0.4, -0.2) is 0 Å². The maximum absolute atomic E-state index is 5.20. The first-order chi connectivity index (χ1) is 3.81. The molecule has 8 heavy (non-hydrogen) atoms. The molecule has 0 aliphatic carbocycles. The summed E-state index contributed by atoms with van der Waals surface area (Å²) in [5.41, 5.74) is 6.32. The molecule has 0 aliphatic rings. The topological polar surface area (TPSA) is 26.0 Å². The zero-order valence-electron chi connectivity index (χ0n) is 5.52. The summed E-state index contributed by atoms with van der Waals surface area (Å²) < 4.78 is 0. The molecule has 46 valence electrons. The first-order valence-electron chi connectivity index (χ1n) is 2.86. The van der Waals surface area contributed by atoms with E-state index in [-0.39, 0.29) is 0 Å². The summed E-state index contributed by atoms with van der Waals surface area (Å²) in [6.45, 7) is 4.08. The number of hydrogen-bond acceptors (Lipinski definition) is 1. The van der Waals surface area contributed by atoms with E-state index >= 15 is 0 Å². The van der Waals surface area contributed by atoms with E-state index in [9.17, 15) is 0 Å². The van der Waals surface area contributed by atoms with Gasteiger partial charge in [-0.15, -0.1) is 0 Å². The van der Waals surface area contributed by atoms with Gasteiger partial charge in [-0.3, -0.25) is 0 Å². The standard InChI is InChI=1S/C7H13N/c1-3-4-5-7(2)6-8/h4-6H,3,8H2,1-2H3/b5-4-,7-6+. The van der Waals surface area contributed by atoms with Crippen LogP contribution in [0.1, 0.15) is 20.3 Å². The van der Waals surface area contributed by atoms with Gasteiger partial charge in [-0.1, -0.05) is 19.1 Å². The van der Waals surface area contributed by atoms with Gasteiger partial charge in [0.05, 0.1) is 0 Å². The molecule has 0 aromatic heterocycles. The highest BCUT2D eigenvalue weighted by Crippen LogP contribution is 1.91. The third kappa shape index (κ3) is 3.47. The molecule has 0 saturated heterocycles. The third-order valence-corrected chi connectivity index (χ3v) is 0.879. The smallest absolute Gasteiger partial charge is 0.00327 e. The van der Waals surface area contributed by atoms with Crippen LogP contribution in [0.25, 0.3) is 0 Å². The van der Waals surface area contributed by atoms with E-state index < -0.39 is 0 Å². The molecule has 0 rings (SSSR count). The summed E-state index contributed by atoms with van der Waals surface area (Å²) >= 11 is 0. The zero-order chi connectivity index (χ0) is 6.41. The van der Waals surface area contributed by atoms with Crippen LogP contribution in [0.3, 0.4) is 0 Å². The Morgan fingerprint density at radius 1 is 1.62 bits per heavy atom. The number of nitrogens with two attached hydrogens (primary N) is 1. The third-order valence-electron chi connectivity index (χ3n) is 0.879. The Hall–Kier alpha value is -0.720. The van der Waals surface area contributed by atoms with E-state index in [0.717, 1.165) is 12.0 Å². The predicted molar refractivity (Wildman–Crippen MR) is 37.4 cm³/mol. The maximum atomic E-state index is 5.20. The Labute approximate surface area is 50.9 Å². The molecule has 0 fully saturated rings. The van der Waals surface area contributed by atoms with Gasteiger partial charge < -0.3 is 5.73 Å². The lowest BCUT2D eigenvalue weighted by molar-refractivity contribution is 1.21. The Morgan fingerprint density at radius 3 is 2.62 bits per heavy atom. The maximum Gasteiger partial charge on any atom is -0.00327 e. The van der Waals surface area contributed by atoms with Crippen LogP contribution < -0.4 is 5.73 Å². The fourth-order valence-electron chi connectivity index (χ4n) is 0.359. The van der Waals surface area contributed by atoms with Gasteiger partial charge >= 0.3 is 0 Å². The molecule has 0 bridgehead atoms. The predicted octanol–water partition coefficient (Wildman–Crippen LogP) is 1.82. The molecule has 0 heterocycles. The number of hydrogen-bond donors (Lipinski definition) is 1. The van der Waals surface area contributed by atoms with Crippen LogP contribution in [0.5, 0.6) is 0 Å². The molecule has 0 aliphatic heterocycles. The number of rotatable bonds is 2. The van der Waals surface area contributed by atoms with Crippen molar-refractivity contribution in [2.24, 2.45) is 5.73 Å². The largest absolute Gasteiger partial charge is 0.404 e. The van der Waals surface area contributed by atoms with E-state index in [4.69, 9.17) is 5.73 Å². The lowest BCUT2D eigenvalue weighted by Gasteiger charge is -1.84. The monoisotopic (exact) mass is 111 g/mol. The van der Waals surface area contributed by atoms with E-state index in [1.165, 1.54) is 0 Å². The molecule has 1 heteroatoms. The summed E-state index contributed by atoms with van der Waals surface area (Å²) in [7, 11) is 0. The summed E-state index contributed by atoms with van der Waals surface area (Å²) in [6, 6.07) is 0. The van der Waals surface area contributed by atoms with Crippen molar-refractivity contribution in [3.05, 3.63) is 23.9 Å². The van der Waals surface area contributed by atoms with Gasteiger partial charge in [-0.05, 0) is 25.1 Å². The Kier molecular flexibility index (Phi) is 4.04. The van der Waals surface area contributed by atoms with Crippen LogP contribution in [0.2, 0.25) is 0 Å². The van der Waals surface area contributed by atoms with Crippen LogP contribution in [0, 0.1) is 0 Å². The van der Waals surface area contributed by atoms with Crippen molar-refractivity contribution in [2.75, 3.05) is 0 Å². The minimum atomic E-state index is 1.07. The normalized spacial score (nSPS) is 13.0. The zero-order valence-corrected chi connectivity index (χ0v) is 5.52. The molecular formula is C7H13N. The molecule has 0 atom stereocenters. The molecule has 0 saturated carbocycles. The molecular weight excluding hydrogens is 98.1 g/mol. The highest BCUT2D eigenvalue weighted by atomic mass is 14.5. The van der Waals surface area contributed by atoms with Gasteiger partial charge in [-0.2, -0.15) is 0 Å². The first kappa shape index (κ1) is 7.28. The van der Waals surface area contributed by atoms with Crippen LogP contribution in [-0.2, 0) is 0 Å². The Balaban J connectivity index is 3.53. The average Bonchev–Trinajstić information content (AvgIpc) is 1.83. The second kappa shape index (κ2) is 4.44. The quantitative estimate of drug-likeness (QED) is 0.540. The summed E-state index contributed by atoms with van der Waals surface area (Å²) in [4.78, 5) is 0. The minimum absolute atomic E-state index is 1.07. The summed E-state index contributed by atoms with van der Waals surface area (Å²) in [5, 5.41) is 0. The molecule has 0 unspecified atom stereocenters. The van der Waals surface area contributed by atoms with Gasteiger partial charge in [0.1, 0.15) is 0 Å². The van der Waals surface area contributed by atoms with Crippen molar-refractivity contribution >= 4 is 0 Å². The van der Waals surface area contributed by atoms with Crippen molar-refractivity contribution in [3.8, 4) is 0 Å². The molecule has 0 spiro atoms. The Bertz CT molecular complexity index is 101. The van der Waals surface area contributed by atoms with Crippen molar-refractivity contribution < 1.29 is 0 Å². The molecule has 2 N–H and O–H groups in total. The summed E-state index contributed by atoms with van der Waals surface area (Å²) in [6.07, 6.45) is 6.77. The van der Waals surface area contributed by atoms with Crippen LogP contribution in [0.15, 0.2) is 23.9 Å². The molecule has 0 aromatic carbocycles. The molecule has 0 radical (unpaired) electrons. The lowest BCUT2D eigenvalue weighted by Crippen LogP contribution is -1.79. The van der Waals surface area contributed by atoms with E-state index in [0.29, 0.717) is 0 Å². The average molecular weight is 111 g/mol. The summed E-state index contributed by atoms with van der Waals surface area (Å²) in [5.74, 6) is 0. The van der Waals surface area contributed by atoms with E-state index in [2.05, 4.69) is 13.0 Å². The molecule has 1 nitrogen and oxygen atoms in total. The first-order valence-corrected chi connectivity index (χ1v) is 2.86. The SMILES string of the molecule is CC/C=C\C(C)=C\N. The fourth-order valence-corrected chi connectivity index (χ4v) is 0.359. The van der Waals surface area contributed by atoms with Crippen LogP contribution in [0.4, 0.5) is 0 Å². The molecule has 0 amide bonds. The van der Waals surface area contributed by atoms with Crippen molar-refractivity contribution in [3.63, 3.8) is 0 Å². The second-order valence-corrected chi connectivity index (χ2v) is 1.72. The minimum Gasteiger partial charge on any atom is -0.404 e. The second-order valence-electron chi connectivity index (χ2n) is 1.72.